The van der Waals surface area contributed by atoms with Gasteiger partial charge in [0.25, 0.3) is 0 Å². The first-order chi connectivity index (χ1) is 9.19. The average molecular weight is 261 g/mol. The van der Waals surface area contributed by atoms with Gasteiger partial charge in [-0.3, -0.25) is 0 Å². The summed E-state index contributed by atoms with van der Waals surface area (Å²) in [5, 5.41) is 12.2. The summed E-state index contributed by atoms with van der Waals surface area (Å²) in [5.74, 6) is 0.000475. The van der Waals surface area contributed by atoms with Crippen LogP contribution in [-0.4, -0.2) is 24.2 Å². The molecule has 1 aliphatic rings. The molecule has 0 spiro atoms. The Morgan fingerprint density at radius 1 is 1.37 bits per heavy atom. The Morgan fingerprint density at radius 2 is 2.05 bits per heavy atom. The summed E-state index contributed by atoms with van der Waals surface area (Å²) in [5.41, 5.74) is 2.03. The highest BCUT2D eigenvalue weighted by molar-refractivity contribution is 5.80. The highest BCUT2D eigenvalue weighted by Crippen LogP contribution is 2.29. The predicted molar refractivity (Wildman–Crippen MR) is 74.6 cm³/mol. The number of carbonyl (C=O) groups is 1. The molecule has 1 saturated carbocycles. The molecule has 2 rings (SSSR count). The fourth-order valence-corrected chi connectivity index (χ4v) is 2.44. The molecule has 0 aliphatic heterocycles. The van der Waals surface area contributed by atoms with Crippen LogP contribution >= 0.6 is 0 Å². The van der Waals surface area contributed by atoms with Crippen LogP contribution in [0.25, 0.3) is 0 Å². The van der Waals surface area contributed by atoms with Crippen molar-refractivity contribution in [2.75, 3.05) is 12.4 Å². The highest BCUT2D eigenvalue weighted by Gasteiger charge is 2.18. The summed E-state index contributed by atoms with van der Waals surface area (Å²) < 4.78 is 5.31. The van der Waals surface area contributed by atoms with Gasteiger partial charge in [-0.1, -0.05) is 17.7 Å². The number of hydrogen-bond donors (Lipinski definition) is 2. The lowest BCUT2D eigenvalue weighted by Gasteiger charge is -2.26. The molecule has 0 bridgehead atoms. The maximum atomic E-state index is 10.6. The molecule has 0 heterocycles. The molecule has 0 radical (unpaired) electrons. The van der Waals surface area contributed by atoms with Crippen molar-refractivity contribution >= 4 is 11.7 Å². The first-order valence-electron chi connectivity index (χ1n) is 6.51. The normalized spacial score (nSPS) is 18.8. The number of aliphatic carboxylic acids is 1. The minimum absolute atomic E-state index is 0.377. The second-order valence-corrected chi connectivity index (χ2v) is 4.76. The molecule has 1 aliphatic carbocycles. The van der Waals surface area contributed by atoms with Crippen molar-refractivity contribution in [3.05, 3.63) is 35.9 Å². The lowest BCUT2D eigenvalue weighted by molar-refractivity contribution is -0.131. The fraction of sp³-hybridized carbons (Fsp3) is 0.400. The van der Waals surface area contributed by atoms with E-state index < -0.39 is 5.97 Å². The molecule has 4 nitrogen and oxygen atoms in total. The first kappa shape index (κ1) is 13.5. The summed E-state index contributed by atoms with van der Waals surface area (Å²) in [4.78, 5) is 10.6. The van der Waals surface area contributed by atoms with Crippen LogP contribution < -0.4 is 10.1 Å². The van der Waals surface area contributed by atoms with Gasteiger partial charge in [-0.15, -0.1) is 0 Å². The van der Waals surface area contributed by atoms with Gasteiger partial charge in [-0.25, -0.2) is 4.79 Å². The van der Waals surface area contributed by atoms with Crippen LogP contribution in [0.15, 0.2) is 35.9 Å². The largest absolute Gasteiger partial charge is 0.495 e. The minimum atomic E-state index is -0.842. The maximum Gasteiger partial charge on any atom is 0.328 e. The molecular weight excluding hydrogens is 242 g/mol. The van der Waals surface area contributed by atoms with E-state index in [2.05, 4.69) is 5.32 Å². The smallest absolute Gasteiger partial charge is 0.328 e. The zero-order valence-corrected chi connectivity index (χ0v) is 11.1. The third-order valence-electron chi connectivity index (χ3n) is 3.42. The van der Waals surface area contributed by atoms with Crippen molar-refractivity contribution in [2.45, 2.75) is 31.7 Å². The summed E-state index contributed by atoms with van der Waals surface area (Å²) in [6, 6.07) is 8.23. The highest BCUT2D eigenvalue weighted by atomic mass is 16.5. The summed E-state index contributed by atoms with van der Waals surface area (Å²) in [6.07, 6.45) is 4.95. The molecule has 0 saturated heterocycles. The van der Waals surface area contributed by atoms with Crippen molar-refractivity contribution in [2.24, 2.45) is 0 Å². The molecule has 0 amide bonds. The molecule has 19 heavy (non-hydrogen) atoms. The Bertz CT molecular complexity index is 472. The van der Waals surface area contributed by atoms with E-state index >= 15 is 0 Å². The number of ether oxygens (including phenoxy) is 1. The van der Waals surface area contributed by atoms with Gasteiger partial charge in [0.15, 0.2) is 0 Å². The number of para-hydroxylation sites is 2. The number of methoxy groups -OCH3 is 1. The van der Waals surface area contributed by atoms with E-state index in [1.165, 1.54) is 6.08 Å². The van der Waals surface area contributed by atoms with Crippen LogP contribution in [0, 0.1) is 0 Å². The van der Waals surface area contributed by atoms with Crippen molar-refractivity contribution in [3.8, 4) is 5.75 Å². The Labute approximate surface area is 113 Å². The number of carboxylic acid groups (broad SMARTS) is 1. The zero-order valence-electron chi connectivity index (χ0n) is 11.1. The number of carboxylic acids is 1. The van der Waals surface area contributed by atoms with Crippen LogP contribution in [0.2, 0.25) is 0 Å². The van der Waals surface area contributed by atoms with E-state index in [9.17, 15) is 4.79 Å². The van der Waals surface area contributed by atoms with Crippen LogP contribution in [0.5, 0.6) is 5.75 Å². The first-order valence-corrected chi connectivity index (χ1v) is 6.51. The second kappa shape index (κ2) is 6.27. The standard InChI is InChI=1S/C15H19NO3/c1-19-14-5-3-2-4-13(14)16-12-8-6-11(7-9-12)10-15(17)18/h2-5,10,12,16H,6-9H2,1H3,(H,17,18). The molecule has 0 atom stereocenters. The van der Waals surface area contributed by atoms with Crippen molar-refractivity contribution in [3.63, 3.8) is 0 Å². The molecule has 102 valence electrons. The molecule has 4 heteroatoms. The SMILES string of the molecule is COc1ccccc1NC1CCC(=CC(=O)O)CC1. The summed E-state index contributed by atoms with van der Waals surface area (Å²) >= 11 is 0. The Kier molecular flexibility index (Phi) is 4.44. The molecular formula is C15H19NO3. The van der Waals surface area contributed by atoms with Crippen molar-refractivity contribution < 1.29 is 14.6 Å². The monoisotopic (exact) mass is 261 g/mol. The third-order valence-corrected chi connectivity index (χ3v) is 3.42. The summed E-state index contributed by atoms with van der Waals surface area (Å²) in [7, 11) is 1.66. The van der Waals surface area contributed by atoms with Gasteiger partial charge in [0.1, 0.15) is 5.75 Å². The summed E-state index contributed by atoms with van der Waals surface area (Å²) in [6.45, 7) is 0. The van der Waals surface area contributed by atoms with Gasteiger partial charge in [0.05, 0.1) is 12.8 Å². The van der Waals surface area contributed by atoms with Gasteiger partial charge in [0, 0.05) is 12.1 Å². The lowest BCUT2D eigenvalue weighted by atomic mass is 9.90. The number of nitrogens with one attached hydrogen (secondary N) is 1. The quantitative estimate of drug-likeness (QED) is 0.818. The second-order valence-electron chi connectivity index (χ2n) is 4.76. The number of allylic oxidation sites excluding steroid dienone is 1. The minimum Gasteiger partial charge on any atom is -0.495 e. The number of anilines is 1. The van der Waals surface area contributed by atoms with E-state index in [-0.39, 0.29) is 0 Å². The van der Waals surface area contributed by atoms with Gasteiger partial charge >= 0.3 is 5.97 Å². The Balaban J connectivity index is 1.94. The van der Waals surface area contributed by atoms with Crippen molar-refractivity contribution in [1.82, 2.24) is 0 Å². The Hall–Kier alpha value is -1.97. The fourth-order valence-electron chi connectivity index (χ4n) is 2.44. The third kappa shape index (κ3) is 3.74. The molecule has 2 N–H and O–H groups in total. The maximum absolute atomic E-state index is 10.6. The number of hydrogen-bond acceptors (Lipinski definition) is 3. The number of benzene rings is 1. The molecule has 1 aromatic carbocycles. The molecule has 0 aromatic heterocycles. The van der Waals surface area contributed by atoms with E-state index in [1.807, 2.05) is 24.3 Å². The topological polar surface area (TPSA) is 58.6 Å². The van der Waals surface area contributed by atoms with Crippen LogP contribution in [0.4, 0.5) is 5.69 Å². The van der Waals surface area contributed by atoms with E-state index in [0.29, 0.717) is 6.04 Å². The zero-order chi connectivity index (χ0) is 13.7. The van der Waals surface area contributed by atoms with Gasteiger partial charge < -0.3 is 15.2 Å². The lowest BCUT2D eigenvalue weighted by Crippen LogP contribution is -2.23. The van der Waals surface area contributed by atoms with Gasteiger partial charge in [-0.05, 0) is 37.8 Å². The average Bonchev–Trinajstić information content (AvgIpc) is 2.41. The Morgan fingerprint density at radius 3 is 2.68 bits per heavy atom. The van der Waals surface area contributed by atoms with E-state index in [1.54, 1.807) is 7.11 Å². The van der Waals surface area contributed by atoms with E-state index in [4.69, 9.17) is 9.84 Å². The van der Waals surface area contributed by atoms with Gasteiger partial charge in [0.2, 0.25) is 0 Å². The van der Waals surface area contributed by atoms with Crippen LogP contribution in [0.3, 0.4) is 0 Å². The molecule has 1 fully saturated rings. The molecule has 1 aromatic rings. The predicted octanol–water partition coefficient (Wildman–Crippen LogP) is 3.06. The van der Waals surface area contributed by atoms with Gasteiger partial charge in [-0.2, -0.15) is 0 Å². The number of rotatable bonds is 4. The van der Waals surface area contributed by atoms with Crippen LogP contribution in [-0.2, 0) is 4.79 Å². The van der Waals surface area contributed by atoms with Crippen LogP contribution in [0.1, 0.15) is 25.7 Å². The van der Waals surface area contributed by atoms with Crippen molar-refractivity contribution in [1.29, 1.82) is 0 Å². The molecule has 0 unspecified atom stereocenters. The van der Waals surface area contributed by atoms with E-state index in [0.717, 1.165) is 42.7 Å².